The first-order chi connectivity index (χ1) is 8.18. The van der Waals surface area contributed by atoms with Crippen molar-refractivity contribution in [1.82, 2.24) is 4.98 Å². The minimum absolute atomic E-state index is 1.12. The number of pyridine rings is 1. The van der Waals surface area contributed by atoms with Crippen LogP contribution in [-0.4, -0.2) is 4.98 Å². The molecule has 0 N–H and O–H groups in total. The lowest BCUT2D eigenvalue weighted by Crippen LogP contribution is -1.91. The van der Waals surface area contributed by atoms with Crippen LogP contribution in [0.2, 0.25) is 0 Å². The van der Waals surface area contributed by atoms with Gasteiger partial charge >= 0.3 is 0 Å². The maximum Gasteiger partial charge on any atom is 0.0783 e. The molecule has 0 aliphatic carbocycles. The molecule has 0 spiro atoms. The molecular weight excluding hydrogens is 206 g/mol. The van der Waals surface area contributed by atoms with Crippen molar-refractivity contribution in [2.45, 2.75) is 20.8 Å². The summed E-state index contributed by atoms with van der Waals surface area (Å²) < 4.78 is 0. The minimum Gasteiger partial charge on any atom is -0.255 e. The molecule has 0 radical (unpaired) electrons. The zero-order valence-electron chi connectivity index (χ0n) is 10.4. The van der Waals surface area contributed by atoms with Gasteiger partial charge in [0.2, 0.25) is 0 Å². The number of rotatable bonds is 0. The van der Waals surface area contributed by atoms with Crippen molar-refractivity contribution < 1.29 is 0 Å². The quantitative estimate of drug-likeness (QED) is 0.515. The van der Waals surface area contributed by atoms with Crippen LogP contribution in [0.15, 0.2) is 36.5 Å². The number of hydrogen-bond donors (Lipinski definition) is 0. The molecule has 0 amide bonds. The molecule has 0 saturated heterocycles. The summed E-state index contributed by atoms with van der Waals surface area (Å²) in [7, 11) is 0. The summed E-state index contributed by atoms with van der Waals surface area (Å²) in [5.74, 6) is 0. The van der Waals surface area contributed by atoms with Crippen molar-refractivity contribution in [1.29, 1.82) is 0 Å². The smallest absolute Gasteiger partial charge is 0.0783 e. The van der Waals surface area contributed by atoms with Crippen molar-refractivity contribution in [3.05, 3.63) is 53.2 Å². The average molecular weight is 221 g/mol. The highest BCUT2D eigenvalue weighted by Gasteiger charge is 2.08. The van der Waals surface area contributed by atoms with Crippen LogP contribution in [-0.2, 0) is 0 Å². The van der Waals surface area contributed by atoms with Crippen LogP contribution in [0.4, 0.5) is 0 Å². The van der Waals surface area contributed by atoms with Gasteiger partial charge in [0.25, 0.3) is 0 Å². The van der Waals surface area contributed by atoms with E-state index in [2.05, 4.69) is 56.1 Å². The Labute approximate surface area is 101 Å². The molecule has 3 rings (SSSR count). The van der Waals surface area contributed by atoms with Crippen molar-refractivity contribution in [3.8, 4) is 0 Å². The normalized spacial score (nSPS) is 11.2. The second kappa shape index (κ2) is 3.56. The molecule has 0 atom stereocenters. The molecule has 0 aliphatic rings. The molecule has 1 heteroatoms. The van der Waals surface area contributed by atoms with E-state index in [0.29, 0.717) is 0 Å². The minimum atomic E-state index is 1.12. The number of nitrogens with zero attached hydrogens (tertiary/aromatic N) is 1. The van der Waals surface area contributed by atoms with E-state index in [1.165, 1.54) is 32.8 Å². The summed E-state index contributed by atoms with van der Waals surface area (Å²) in [6.45, 7) is 6.47. The van der Waals surface area contributed by atoms with Crippen molar-refractivity contribution in [2.24, 2.45) is 0 Å². The number of aromatic nitrogens is 1. The molecule has 1 heterocycles. The maximum absolute atomic E-state index is 4.61. The molecule has 0 saturated carbocycles. The van der Waals surface area contributed by atoms with Gasteiger partial charge in [-0.1, -0.05) is 24.3 Å². The fourth-order valence-electron chi connectivity index (χ4n) is 2.49. The van der Waals surface area contributed by atoms with Crippen molar-refractivity contribution in [2.75, 3.05) is 0 Å². The molecule has 3 aromatic rings. The number of hydrogen-bond acceptors (Lipinski definition) is 1. The predicted molar refractivity (Wildman–Crippen MR) is 73.5 cm³/mol. The number of benzene rings is 2. The Bertz CT molecular complexity index is 726. The molecule has 17 heavy (non-hydrogen) atoms. The Kier molecular flexibility index (Phi) is 2.15. The molecule has 1 nitrogen and oxygen atoms in total. The van der Waals surface area contributed by atoms with E-state index >= 15 is 0 Å². The Morgan fingerprint density at radius 1 is 0.824 bits per heavy atom. The Morgan fingerprint density at radius 3 is 2.24 bits per heavy atom. The van der Waals surface area contributed by atoms with E-state index in [1.54, 1.807) is 0 Å². The summed E-state index contributed by atoms with van der Waals surface area (Å²) in [5.41, 5.74) is 5.04. The third-order valence-corrected chi connectivity index (χ3v) is 3.58. The van der Waals surface area contributed by atoms with Gasteiger partial charge in [0.15, 0.2) is 0 Å². The van der Waals surface area contributed by atoms with Gasteiger partial charge in [-0.15, -0.1) is 0 Å². The van der Waals surface area contributed by atoms with Gasteiger partial charge in [0.05, 0.1) is 5.52 Å². The zero-order chi connectivity index (χ0) is 12.0. The first-order valence-electron chi connectivity index (χ1n) is 5.93. The molecular formula is C16H15N. The van der Waals surface area contributed by atoms with E-state index in [0.717, 1.165) is 5.52 Å². The highest BCUT2D eigenvalue weighted by atomic mass is 14.7. The number of fused-ring (bicyclic) bond motifs is 3. The predicted octanol–water partition coefficient (Wildman–Crippen LogP) is 4.31. The van der Waals surface area contributed by atoms with Crippen LogP contribution in [0.25, 0.3) is 21.7 Å². The molecule has 0 unspecified atom stereocenters. The highest BCUT2D eigenvalue weighted by molar-refractivity contribution is 6.08. The summed E-state index contributed by atoms with van der Waals surface area (Å²) in [5, 5.41) is 3.85. The first-order valence-corrected chi connectivity index (χ1v) is 5.93. The third kappa shape index (κ3) is 1.42. The average Bonchev–Trinajstić information content (AvgIpc) is 2.36. The molecule has 0 aliphatic heterocycles. The standard InChI is InChI=1S/C16H15N/c1-10-8-15-12(3)11(2)13-6-4-5-7-14(13)16(15)17-9-10/h4-9H,1-3H3. The van der Waals surface area contributed by atoms with Gasteiger partial charge in [0.1, 0.15) is 0 Å². The molecule has 2 aromatic carbocycles. The monoisotopic (exact) mass is 221 g/mol. The SMILES string of the molecule is Cc1cnc2c(c1)c(C)c(C)c1ccccc12. The van der Waals surface area contributed by atoms with E-state index in [4.69, 9.17) is 0 Å². The van der Waals surface area contributed by atoms with Gasteiger partial charge in [-0.2, -0.15) is 0 Å². The second-order valence-electron chi connectivity index (χ2n) is 4.70. The van der Waals surface area contributed by atoms with Crippen LogP contribution >= 0.6 is 0 Å². The van der Waals surface area contributed by atoms with Gasteiger partial charge in [-0.05, 0) is 48.9 Å². The van der Waals surface area contributed by atoms with E-state index in [1.807, 2.05) is 6.20 Å². The largest absolute Gasteiger partial charge is 0.255 e. The second-order valence-corrected chi connectivity index (χ2v) is 4.70. The lowest BCUT2D eigenvalue weighted by molar-refractivity contribution is 1.32. The van der Waals surface area contributed by atoms with Crippen LogP contribution in [0.5, 0.6) is 0 Å². The van der Waals surface area contributed by atoms with Crippen LogP contribution in [0.1, 0.15) is 16.7 Å². The summed E-state index contributed by atoms with van der Waals surface area (Å²) in [4.78, 5) is 4.61. The van der Waals surface area contributed by atoms with Crippen molar-refractivity contribution in [3.63, 3.8) is 0 Å². The Morgan fingerprint density at radius 2 is 1.47 bits per heavy atom. The van der Waals surface area contributed by atoms with Crippen molar-refractivity contribution >= 4 is 21.7 Å². The van der Waals surface area contributed by atoms with Crippen LogP contribution in [0, 0.1) is 20.8 Å². The third-order valence-electron chi connectivity index (χ3n) is 3.58. The van der Waals surface area contributed by atoms with E-state index in [-0.39, 0.29) is 0 Å². The van der Waals surface area contributed by atoms with Crippen LogP contribution < -0.4 is 0 Å². The lowest BCUT2D eigenvalue weighted by Gasteiger charge is -2.11. The summed E-state index contributed by atoms with van der Waals surface area (Å²) in [6.07, 6.45) is 1.95. The molecule has 84 valence electrons. The van der Waals surface area contributed by atoms with Gasteiger partial charge in [-0.3, -0.25) is 4.98 Å². The summed E-state index contributed by atoms with van der Waals surface area (Å²) >= 11 is 0. The van der Waals surface area contributed by atoms with Gasteiger partial charge < -0.3 is 0 Å². The molecule has 1 aromatic heterocycles. The first kappa shape index (κ1) is 10.3. The van der Waals surface area contributed by atoms with E-state index in [9.17, 15) is 0 Å². The van der Waals surface area contributed by atoms with Gasteiger partial charge in [-0.25, -0.2) is 0 Å². The molecule has 0 bridgehead atoms. The topological polar surface area (TPSA) is 12.9 Å². The number of aryl methyl sites for hydroxylation is 3. The maximum atomic E-state index is 4.61. The highest BCUT2D eigenvalue weighted by Crippen LogP contribution is 2.30. The fourth-order valence-corrected chi connectivity index (χ4v) is 2.49. The molecule has 0 fully saturated rings. The van der Waals surface area contributed by atoms with Gasteiger partial charge in [0, 0.05) is 17.0 Å². The zero-order valence-corrected chi connectivity index (χ0v) is 10.4. The van der Waals surface area contributed by atoms with Crippen LogP contribution in [0.3, 0.4) is 0 Å². The van der Waals surface area contributed by atoms with E-state index < -0.39 is 0 Å². The Hall–Kier alpha value is -1.89. The lowest BCUT2D eigenvalue weighted by atomic mass is 9.95. The Balaban J connectivity index is 2.65. The summed E-state index contributed by atoms with van der Waals surface area (Å²) in [6, 6.07) is 10.7. The fraction of sp³-hybridized carbons (Fsp3) is 0.188.